The van der Waals surface area contributed by atoms with Gasteiger partial charge < -0.3 is 5.73 Å². The van der Waals surface area contributed by atoms with Crippen molar-refractivity contribution >= 4 is 34.6 Å². The molecule has 4 heteroatoms. The molecule has 0 aliphatic rings. The molecule has 64 valence electrons. The first-order valence-electron chi connectivity index (χ1n) is 3.35. The summed E-state index contributed by atoms with van der Waals surface area (Å²) < 4.78 is 0.217. The van der Waals surface area contributed by atoms with E-state index >= 15 is 0 Å². The third kappa shape index (κ3) is 1.90. The minimum atomic E-state index is 0.217. The number of pyridine rings is 1. The van der Waals surface area contributed by atoms with Gasteiger partial charge in [-0.3, -0.25) is 0 Å². The van der Waals surface area contributed by atoms with Gasteiger partial charge in [-0.15, -0.1) is 0 Å². The van der Waals surface area contributed by atoms with Crippen molar-refractivity contribution < 1.29 is 0 Å². The molecule has 0 unspecified atom stereocenters. The predicted molar refractivity (Wildman–Crippen MR) is 52.9 cm³/mol. The van der Waals surface area contributed by atoms with E-state index in [0.29, 0.717) is 5.82 Å². The first kappa shape index (κ1) is 9.36. The van der Waals surface area contributed by atoms with Crippen molar-refractivity contribution in [1.82, 2.24) is 4.98 Å². The Kier molecular flexibility index (Phi) is 2.95. The summed E-state index contributed by atoms with van der Waals surface area (Å²) in [6, 6.07) is 3.61. The summed E-state index contributed by atoms with van der Waals surface area (Å²) >= 11 is 11.2. The topological polar surface area (TPSA) is 38.9 Å². The van der Waals surface area contributed by atoms with Crippen LogP contribution in [0.25, 0.3) is 5.57 Å². The summed E-state index contributed by atoms with van der Waals surface area (Å²) in [5.41, 5.74) is 7.11. The monoisotopic (exact) mass is 202 g/mol. The van der Waals surface area contributed by atoms with Gasteiger partial charge in [0.1, 0.15) is 10.3 Å². The zero-order valence-electron chi connectivity index (χ0n) is 6.51. The number of halogens is 2. The summed E-state index contributed by atoms with van der Waals surface area (Å²) in [5.74, 6) is 0.439. The van der Waals surface area contributed by atoms with Crippen molar-refractivity contribution in [3.63, 3.8) is 0 Å². The van der Waals surface area contributed by atoms with Crippen LogP contribution in [-0.2, 0) is 0 Å². The summed E-state index contributed by atoms with van der Waals surface area (Å²) in [6.07, 6.45) is 1.62. The highest BCUT2D eigenvalue weighted by Gasteiger charge is 2.03. The van der Waals surface area contributed by atoms with Gasteiger partial charge in [0.15, 0.2) is 0 Å². The van der Waals surface area contributed by atoms with Crippen LogP contribution in [-0.4, -0.2) is 4.98 Å². The van der Waals surface area contributed by atoms with Crippen LogP contribution in [0.4, 0.5) is 5.82 Å². The fraction of sp³-hybridized carbons (Fsp3) is 0.125. The lowest BCUT2D eigenvalue weighted by atomic mass is 10.1. The van der Waals surface area contributed by atoms with Crippen LogP contribution in [0.15, 0.2) is 22.8 Å². The van der Waals surface area contributed by atoms with E-state index in [1.165, 1.54) is 0 Å². The van der Waals surface area contributed by atoms with E-state index in [9.17, 15) is 0 Å². The number of hydrogen-bond acceptors (Lipinski definition) is 2. The van der Waals surface area contributed by atoms with Crippen LogP contribution in [0.2, 0.25) is 0 Å². The van der Waals surface area contributed by atoms with Crippen LogP contribution in [0.1, 0.15) is 12.5 Å². The third-order valence-electron chi connectivity index (χ3n) is 1.53. The number of anilines is 1. The maximum atomic E-state index is 5.60. The Morgan fingerprint density at radius 2 is 2.17 bits per heavy atom. The maximum Gasteiger partial charge on any atom is 0.130 e. The van der Waals surface area contributed by atoms with Gasteiger partial charge >= 0.3 is 0 Å². The minimum Gasteiger partial charge on any atom is -0.383 e. The maximum absolute atomic E-state index is 5.60. The summed E-state index contributed by atoms with van der Waals surface area (Å²) in [6.45, 7) is 1.79. The first-order valence-corrected chi connectivity index (χ1v) is 4.11. The smallest absolute Gasteiger partial charge is 0.130 e. The standard InChI is InChI=1S/C8H8Cl2N2/c1-5(7(9)10)6-3-2-4-12-8(6)11/h2-4H,1H3,(H2,11,12). The molecule has 0 aromatic carbocycles. The number of hydrogen-bond donors (Lipinski definition) is 1. The molecule has 0 spiro atoms. The van der Waals surface area contributed by atoms with Gasteiger partial charge in [-0.25, -0.2) is 4.98 Å². The second kappa shape index (κ2) is 3.78. The molecule has 0 saturated heterocycles. The van der Waals surface area contributed by atoms with E-state index in [2.05, 4.69) is 4.98 Å². The SMILES string of the molecule is CC(=C(Cl)Cl)c1cccnc1N. The summed E-state index contributed by atoms with van der Waals surface area (Å²) in [5, 5.41) is 0. The van der Waals surface area contributed by atoms with Gasteiger partial charge in [0.2, 0.25) is 0 Å². The Balaban J connectivity index is 3.21. The second-order valence-electron chi connectivity index (χ2n) is 2.32. The highest BCUT2D eigenvalue weighted by atomic mass is 35.5. The molecule has 12 heavy (non-hydrogen) atoms. The number of rotatable bonds is 1. The average molecular weight is 203 g/mol. The Morgan fingerprint density at radius 1 is 1.50 bits per heavy atom. The van der Waals surface area contributed by atoms with Crippen molar-refractivity contribution in [2.75, 3.05) is 5.73 Å². The molecule has 0 fully saturated rings. The molecule has 0 radical (unpaired) electrons. The van der Waals surface area contributed by atoms with Crippen molar-refractivity contribution in [2.45, 2.75) is 6.92 Å². The van der Waals surface area contributed by atoms with Crippen LogP contribution >= 0.6 is 23.2 Å². The van der Waals surface area contributed by atoms with E-state index in [0.717, 1.165) is 11.1 Å². The highest BCUT2D eigenvalue weighted by molar-refractivity contribution is 6.58. The molecular weight excluding hydrogens is 195 g/mol. The molecular formula is C8H8Cl2N2. The molecule has 0 aliphatic carbocycles. The molecule has 1 heterocycles. The Bertz CT molecular complexity index is 317. The fourth-order valence-electron chi connectivity index (χ4n) is 0.836. The van der Waals surface area contributed by atoms with Crippen LogP contribution in [0.5, 0.6) is 0 Å². The largest absolute Gasteiger partial charge is 0.383 e. The van der Waals surface area contributed by atoms with Crippen molar-refractivity contribution in [1.29, 1.82) is 0 Å². The number of nitrogens with two attached hydrogens (primary N) is 1. The van der Waals surface area contributed by atoms with Gasteiger partial charge in [-0.05, 0) is 24.6 Å². The lowest BCUT2D eigenvalue weighted by Gasteiger charge is -2.03. The van der Waals surface area contributed by atoms with Crippen molar-refractivity contribution in [2.24, 2.45) is 0 Å². The van der Waals surface area contributed by atoms with Gasteiger partial charge in [-0.2, -0.15) is 0 Å². The molecule has 1 aromatic rings. The molecule has 0 saturated carbocycles. The van der Waals surface area contributed by atoms with E-state index in [1.807, 2.05) is 6.07 Å². The molecule has 1 rings (SSSR count). The molecule has 0 bridgehead atoms. The van der Waals surface area contributed by atoms with Gasteiger partial charge in [0.05, 0.1) is 0 Å². The van der Waals surface area contributed by atoms with Gasteiger partial charge in [0.25, 0.3) is 0 Å². The lowest BCUT2D eigenvalue weighted by molar-refractivity contribution is 1.31. The zero-order valence-corrected chi connectivity index (χ0v) is 8.02. The molecule has 1 aromatic heterocycles. The van der Waals surface area contributed by atoms with Crippen LogP contribution in [0.3, 0.4) is 0 Å². The predicted octanol–water partition coefficient (Wildman–Crippen LogP) is 2.83. The number of aromatic nitrogens is 1. The zero-order chi connectivity index (χ0) is 9.14. The molecule has 2 N–H and O–H groups in total. The second-order valence-corrected chi connectivity index (χ2v) is 3.27. The average Bonchev–Trinajstić information content (AvgIpc) is 2.04. The summed E-state index contributed by atoms with van der Waals surface area (Å²) in [4.78, 5) is 3.91. The minimum absolute atomic E-state index is 0.217. The van der Waals surface area contributed by atoms with Crippen molar-refractivity contribution in [3.05, 3.63) is 28.4 Å². The van der Waals surface area contributed by atoms with Crippen molar-refractivity contribution in [3.8, 4) is 0 Å². The Morgan fingerprint density at radius 3 is 2.67 bits per heavy atom. The van der Waals surface area contributed by atoms with Crippen LogP contribution < -0.4 is 5.73 Å². The van der Waals surface area contributed by atoms with Crippen LogP contribution in [0, 0.1) is 0 Å². The quantitative estimate of drug-likeness (QED) is 0.762. The van der Waals surface area contributed by atoms with E-state index in [4.69, 9.17) is 28.9 Å². The Labute approximate surface area is 81.0 Å². The third-order valence-corrected chi connectivity index (χ3v) is 2.09. The molecule has 0 aliphatic heterocycles. The van der Waals surface area contributed by atoms with E-state index < -0.39 is 0 Å². The highest BCUT2D eigenvalue weighted by Crippen LogP contribution is 2.26. The molecule has 0 atom stereocenters. The normalized spacial score (nSPS) is 9.58. The van der Waals surface area contributed by atoms with E-state index in [-0.39, 0.29) is 4.49 Å². The van der Waals surface area contributed by atoms with Gasteiger partial charge in [-0.1, -0.05) is 23.2 Å². The fourth-order valence-corrected chi connectivity index (χ4v) is 1.04. The number of allylic oxidation sites excluding steroid dienone is 1. The van der Waals surface area contributed by atoms with E-state index in [1.54, 1.807) is 19.2 Å². The molecule has 0 amide bonds. The number of nitrogen functional groups attached to an aromatic ring is 1. The lowest BCUT2D eigenvalue weighted by Crippen LogP contribution is -1.94. The summed E-state index contributed by atoms with van der Waals surface area (Å²) in [7, 11) is 0. The number of nitrogens with zero attached hydrogens (tertiary/aromatic N) is 1. The molecule has 2 nitrogen and oxygen atoms in total. The Hall–Kier alpha value is -0.730. The van der Waals surface area contributed by atoms with Gasteiger partial charge in [0, 0.05) is 11.8 Å². The first-order chi connectivity index (χ1) is 5.63.